The van der Waals surface area contributed by atoms with Gasteiger partial charge < -0.3 is 17.2 Å². The highest BCUT2D eigenvalue weighted by atomic mass is 15.2. The molecule has 0 amide bonds. The summed E-state index contributed by atoms with van der Waals surface area (Å²) >= 11 is 0. The Balaban J connectivity index is 2.40. The molecule has 1 aromatic heterocycles. The highest BCUT2D eigenvalue weighted by Crippen LogP contribution is 2.45. The minimum atomic E-state index is -0.0782. The topological polar surface area (TPSA) is 117 Å². The third-order valence-electron chi connectivity index (χ3n) is 2.39. The monoisotopic (exact) mass is 180 g/mol. The number of nitrogen functional groups attached to an aromatic ring is 2. The van der Waals surface area contributed by atoms with Crippen LogP contribution in [0.2, 0.25) is 0 Å². The zero-order chi connectivity index (χ0) is 9.47. The molecule has 6 N–H and O–H groups in total. The zero-order valence-electron chi connectivity index (χ0n) is 7.20. The third kappa shape index (κ3) is 1.29. The summed E-state index contributed by atoms with van der Waals surface area (Å²) in [7, 11) is 0. The second-order valence-electron chi connectivity index (χ2n) is 3.36. The standard InChI is InChI=1S/C7H12N6/c8-3-7(1-2-7)4-11-5(9)13-6(10)12-4/h1-3,8H2,(H4,9,10,11,12,13). The molecule has 0 atom stereocenters. The molecule has 1 heterocycles. The van der Waals surface area contributed by atoms with Crippen molar-refractivity contribution in [3.63, 3.8) is 0 Å². The van der Waals surface area contributed by atoms with Crippen LogP contribution >= 0.6 is 0 Å². The van der Waals surface area contributed by atoms with Gasteiger partial charge >= 0.3 is 0 Å². The van der Waals surface area contributed by atoms with E-state index in [2.05, 4.69) is 15.0 Å². The first-order valence-corrected chi connectivity index (χ1v) is 4.14. The number of anilines is 2. The normalized spacial score (nSPS) is 18.5. The molecule has 0 aromatic carbocycles. The molecule has 6 heteroatoms. The lowest BCUT2D eigenvalue weighted by molar-refractivity contribution is 0.647. The molecule has 1 saturated carbocycles. The lowest BCUT2D eigenvalue weighted by atomic mass is 10.1. The Hall–Kier alpha value is -1.43. The van der Waals surface area contributed by atoms with Gasteiger partial charge in [0.1, 0.15) is 5.82 Å². The number of rotatable bonds is 2. The fourth-order valence-corrected chi connectivity index (χ4v) is 1.32. The summed E-state index contributed by atoms with van der Waals surface area (Å²) in [6.45, 7) is 0.538. The van der Waals surface area contributed by atoms with Crippen molar-refractivity contribution in [2.45, 2.75) is 18.3 Å². The van der Waals surface area contributed by atoms with Crippen molar-refractivity contribution in [1.82, 2.24) is 15.0 Å². The Bertz CT molecular complexity index is 312. The van der Waals surface area contributed by atoms with Crippen molar-refractivity contribution in [2.75, 3.05) is 18.0 Å². The Kier molecular flexibility index (Phi) is 1.59. The van der Waals surface area contributed by atoms with E-state index in [1.165, 1.54) is 0 Å². The molecular formula is C7H12N6. The van der Waals surface area contributed by atoms with Crippen LogP contribution in [0.15, 0.2) is 0 Å². The highest BCUT2D eigenvalue weighted by molar-refractivity contribution is 5.31. The van der Waals surface area contributed by atoms with E-state index < -0.39 is 0 Å². The first-order valence-electron chi connectivity index (χ1n) is 4.14. The predicted molar refractivity (Wildman–Crippen MR) is 48.6 cm³/mol. The third-order valence-corrected chi connectivity index (χ3v) is 2.39. The van der Waals surface area contributed by atoms with Gasteiger partial charge in [-0.15, -0.1) is 0 Å². The fourth-order valence-electron chi connectivity index (χ4n) is 1.32. The molecule has 0 saturated heterocycles. The Morgan fingerprint density at radius 1 is 1.08 bits per heavy atom. The summed E-state index contributed by atoms with van der Waals surface area (Å²) in [4.78, 5) is 11.8. The van der Waals surface area contributed by atoms with Gasteiger partial charge in [0.15, 0.2) is 0 Å². The predicted octanol–water partition coefficient (Wildman–Crippen LogP) is -0.974. The molecule has 1 aliphatic carbocycles. The van der Waals surface area contributed by atoms with Crippen LogP contribution in [-0.2, 0) is 5.41 Å². The minimum absolute atomic E-state index is 0.0782. The minimum Gasteiger partial charge on any atom is -0.368 e. The van der Waals surface area contributed by atoms with Crippen LogP contribution in [0.5, 0.6) is 0 Å². The Labute approximate surface area is 75.6 Å². The largest absolute Gasteiger partial charge is 0.368 e. The molecule has 0 radical (unpaired) electrons. The highest BCUT2D eigenvalue weighted by Gasteiger charge is 2.46. The van der Waals surface area contributed by atoms with Crippen LogP contribution in [0.1, 0.15) is 18.7 Å². The van der Waals surface area contributed by atoms with E-state index in [0.717, 1.165) is 12.8 Å². The van der Waals surface area contributed by atoms with E-state index in [-0.39, 0.29) is 17.3 Å². The van der Waals surface area contributed by atoms with Gasteiger partial charge in [-0.25, -0.2) is 0 Å². The van der Waals surface area contributed by atoms with Gasteiger partial charge in [0.05, 0.1) is 0 Å². The molecule has 1 aliphatic rings. The number of hydrogen-bond donors (Lipinski definition) is 3. The Morgan fingerprint density at radius 3 is 2.00 bits per heavy atom. The molecule has 1 fully saturated rings. The summed E-state index contributed by atoms with van der Waals surface area (Å²) in [5, 5.41) is 0. The number of hydrogen-bond acceptors (Lipinski definition) is 6. The molecule has 2 rings (SSSR count). The first kappa shape index (κ1) is 8.18. The van der Waals surface area contributed by atoms with Crippen LogP contribution in [0, 0.1) is 0 Å². The lowest BCUT2D eigenvalue weighted by Gasteiger charge is -2.10. The summed E-state index contributed by atoms with van der Waals surface area (Å²) in [6, 6.07) is 0. The van der Waals surface area contributed by atoms with Crippen molar-refractivity contribution >= 4 is 11.9 Å². The van der Waals surface area contributed by atoms with Crippen LogP contribution in [0.4, 0.5) is 11.9 Å². The molecule has 0 unspecified atom stereocenters. The van der Waals surface area contributed by atoms with E-state index in [9.17, 15) is 0 Å². The second-order valence-corrected chi connectivity index (χ2v) is 3.36. The van der Waals surface area contributed by atoms with E-state index >= 15 is 0 Å². The van der Waals surface area contributed by atoms with Crippen LogP contribution in [0.25, 0.3) is 0 Å². The molecule has 13 heavy (non-hydrogen) atoms. The van der Waals surface area contributed by atoms with Gasteiger partial charge in [0.25, 0.3) is 0 Å². The number of nitrogens with two attached hydrogens (primary N) is 3. The van der Waals surface area contributed by atoms with Gasteiger partial charge in [0.2, 0.25) is 11.9 Å². The average molecular weight is 180 g/mol. The summed E-state index contributed by atoms with van der Waals surface area (Å²) < 4.78 is 0. The van der Waals surface area contributed by atoms with Crippen molar-refractivity contribution in [2.24, 2.45) is 5.73 Å². The van der Waals surface area contributed by atoms with E-state index in [4.69, 9.17) is 17.2 Å². The number of aromatic nitrogens is 3. The average Bonchev–Trinajstić information content (AvgIpc) is 2.82. The van der Waals surface area contributed by atoms with Gasteiger partial charge in [-0.1, -0.05) is 0 Å². The van der Waals surface area contributed by atoms with Crippen molar-refractivity contribution in [3.8, 4) is 0 Å². The molecule has 0 bridgehead atoms. The molecule has 6 nitrogen and oxygen atoms in total. The maximum absolute atomic E-state index is 5.62. The van der Waals surface area contributed by atoms with Crippen LogP contribution in [0.3, 0.4) is 0 Å². The van der Waals surface area contributed by atoms with E-state index in [0.29, 0.717) is 12.4 Å². The van der Waals surface area contributed by atoms with Gasteiger partial charge in [-0.3, -0.25) is 0 Å². The van der Waals surface area contributed by atoms with E-state index in [1.807, 2.05) is 0 Å². The zero-order valence-corrected chi connectivity index (χ0v) is 7.20. The Morgan fingerprint density at radius 2 is 1.62 bits per heavy atom. The summed E-state index contributed by atoms with van der Waals surface area (Å²) in [5.41, 5.74) is 16.5. The fraction of sp³-hybridized carbons (Fsp3) is 0.571. The lowest BCUT2D eigenvalue weighted by Crippen LogP contribution is -2.24. The van der Waals surface area contributed by atoms with Crippen molar-refractivity contribution < 1.29 is 0 Å². The molecule has 1 aromatic rings. The molecular weight excluding hydrogens is 168 g/mol. The molecule has 0 aliphatic heterocycles. The smallest absolute Gasteiger partial charge is 0.225 e. The van der Waals surface area contributed by atoms with Crippen molar-refractivity contribution in [1.29, 1.82) is 0 Å². The summed E-state index contributed by atoms with van der Waals surface area (Å²) in [6.07, 6.45) is 2.01. The second kappa shape index (κ2) is 2.53. The van der Waals surface area contributed by atoms with E-state index in [1.54, 1.807) is 0 Å². The van der Waals surface area contributed by atoms with Gasteiger partial charge in [-0.05, 0) is 12.8 Å². The summed E-state index contributed by atoms with van der Waals surface area (Å²) in [5.74, 6) is 0.976. The molecule has 70 valence electrons. The van der Waals surface area contributed by atoms with Crippen LogP contribution < -0.4 is 17.2 Å². The maximum Gasteiger partial charge on any atom is 0.225 e. The van der Waals surface area contributed by atoms with Crippen molar-refractivity contribution in [3.05, 3.63) is 5.82 Å². The van der Waals surface area contributed by atoms with Gasteiger partial charge in [0, 0.05) is 12.0 Å². The first-order chi connectivity index (χ1) is 6.16. The maximum atomic E-state index is 5.62. The van der Waals surface area contributed by atoms with Gasteiger partial charge in [-0.2, -0.15) is 15.0 Å². The van der Waals surface area contributed by atoms with Crippen LogP contribution in [-0.4, -0.2) is 21.5 Å². The SMILES string of the molecule is NCC1(c2nc(N)nc(N)n2)CC1. The molecule has 0 spiro atoms. The number of nitrogens with zero attached hydrogens (tertiary/aromatic N) is 3. The quantitative estimate of drug-likeness (QED) is 0.539.